The van der Waals surface area contributed by atoms with Gasteiger partial charge >= 0.3 is 0 Å². The summed E-state index contributed by atoms with van der Waals surface area (Å²) in [7, 11) is 1.52. The molecule has 2 aliphatic rings. The molecule has 1 fully saturated rings. The van der Waals surface area contributed by atoms with Crippen LogP contribution < -0.4 is 23.8 Å². The molecule has 2 aliphatic heterocycles. The van der Waals surface area contributed by atoms with Crippen LogP contribution >= 0.6 is 11.6 Å². The number of benzene rings is 3. The highest BCUT2D eigenvalue weighted by Crippen LogP contribution is 2.45. The Morgan fingerprint density at radius 2 is 1.86 bits per heavy atom. The maximum Gasteiger partial charge on any atom is 0.300 e. The first-order valence-corrected chi connectivity index (χ1v) is 11.6. The summed E-state index contributed by atoms with van der Waals surface area (Å²) < 4.78 is 21.9. The summed E-state index contributed by atoms with van der Waals surface area (Å²) in [6.07, 6.45) is 0. The Kier molecular flexibility index (Phi) is 6.20. The van der Waals surface area contributed by atoms with Crippen LogP contribution in [-0.2, 0) is 9.59 Å². The zero-order chi connectivity index (χ0) is 25.4. The van der Waals surface area contributed by atoms with Crippen molar-refractivity contribution in [3.63, 3.8) is 0 Å². The lowest BCUT2D eigenvalue weighted by atomic mass is 9.94. The standard InChI is InChI=1S/C27H22ClNO7/c1-3-34-21-11-15(7-9-19(21)33-2)24-23(25(30)16-8-10-20-22(12-16)36-14-35-20)26(31)27(32)29(24)18-6-4-5-17(28)13-18/h4-13,24,30H,3,14H2,1-2H3/b25-23+. The summed E-state index contributed by atoms with van der Waals surface area (Å²) in [5, 5.41) is 11.8. The van der Waals surface area contributed by atoms with Crippen molar-refractivity contribution in [3.05, 3.63) is 82.4 Å². The topological polar surface area (TPSA) is 94.5 Å². The number of methoxy groups -OCH3 is 1. The number of ketones is 1. The highest BCUT2D eigenvalue weighted by atomic mass is 35.5. The lowest BCUT2D eigenvalue weighted by Gasteiger charge is -2.26. The molecule has 0 aromatic heterocycles. The number of rotatable bonds is 6. The number of anilines is 1. The zero-order valence-corrected chi connectivity index (χ0v) is 20.2. The molecular weight excluding hydrogens is 486 g/mol. The molecule has 1 atom stereocenters. The second-order valence-corrected chi connectivity index (χ2v) is 8.50. The molecule has 184 valence electrons. The molecule has 2 heterocycles. The Labute approximate surface area is 212 Å². The number of ether oxygens (including phenoxy) is 4. The number of hydrogen-bond acceptors (Lipinski definition) is 7. The fourth-order valence-corrected chi connectivity index (χ4v) is 4.56. The average molecular weight is 508 g/mol. The van der Waals surface area contributed by atoms with Gasteiger partial charge in [-0.3, -0.25) is 14.5 Å². The van der Waals surface area contributed by atoms with Crippen LogP contribution in [0.3, 0.4) is 0 Å². The van der Waals surface area contributed by atoms with Crippen LogP contribution in [0.1, 0.15) is 24.1 Å². The van der Waals surface area contributed by atoms with Gasteiger partial charge in [-0.15, -0.1) is 0 Å². The number of nitrogens with zero attached hydrogens (tertiary/aromatic N) is 1. The number of carbonyl (C=O) groups is 2. The van der Waals surface area contributed by atoms with Gasteiger partial charge in [0.25, 0.3) is 11.7 Å². The molecule has 0 saturated carbocycles. The van der Waals surface area contributed by atoms with Gasteiger partial charge < -0.3 is 24.1 Å². The summed E-state index contributed by atoms with van der Waals surface area (Å²) in [5.41, 5.74) is 1.19. The van der Waals surface area contributed by atoms with Crippen molar-refractivity contribution >= 4 is 34.7 Å². The summed E-state index contributed by atoms with van der Waals surface area (Å²) in [4.78, 5) is 28.1. The van der Waals surface area contributed by atoms with E-state index in [2.05, 4.69) is 0 Å². The zero-order valence-electron chi connectivity index (χ0n) is 19.5. The predicted molar refractivity (Wildman–Crippen MR) is 133 cm³/mol. The van der Waals surface area contributed by atoms with Crippen LogP contribution in [0.15, 0.2) is 66.2 Å². The highest BCUT2D eigenvalue weighted by Gasteiger charge is 2.47. The Hall–Kier alpha value is -4.17. The number of carbonyl (C=O) groups excluding carboxylic acids is 2. The molecule has 9 heteroatoms. The van der Waals surface area contributed by atoms with E-state index in [1.165, 1.54) is 12.0 Å². The molecule has 0 bridgehead atoms. The van der Waals surface area contributed by atoms with Crippen LogP contribution in [0.25, 0.3) is 5.76 Å². The Balaban J connectivity index is 1.72. The fraction of sp³-hybridized carbons (Fsp3) is 0.185. The number of Topliss-reactive ketones (excluding diaryl/α,β-unsaturated/α-hetero) is 1. The quantitative estimate of drug-likeness (QED) is 0.282. The van der Waals surface area contributed by atoms with Gasteiger partial charge in [0.1, 0.15) is 5.76 Å². The van der Waals surface area contributed by atoms with Gasteiger partial charge in [-0.05, 0) is 61.0 Å². The predicted octanol–water partition coefficient (Wildman–Crippen LogP) is 5.10. The Bertz CT molecular complexity index is 1400. The summed E-state index contributed by atoms with van der Waals surface area (Å²) >= 11 is 6.21. The third-order valence-electron chi connectivity index (χ3n) is 5.98. The highest BCUT2D eigenvalue weighted by molar-refractivity contribution is 6.51. The van der Waals surface area contributed by atoms with Crippen molar-refractivity contribution in [2.75, 3.05) is 25.4 Å². The first-order chi connectivity index (χ1) is 17.4. The molecule has 1 saturated heterocycles. The third kappa shape index (κ3) is 3.99. The van der Waals surface area contributed by atoms with Crippen molar-refractivity contribution in [3.8, 4) is 23.0 Å². The van der Waals surface area contributed by atoms with E-state index in [4.69, 9.17) is 30.5 Å². The number of halogens is 1. The maximum absolute atomic E-state index is 13.4. The van der Waals surface area contributed by atoms with E-state index in [1.807, 2.05) is 6.92 Å². The second kappa shape index (κ2) is 9.47. The first-order valence-electron chi connectivity index (χ1n) is 11.2. The molecule has 1 N–H and O–H groups in total. The van der Waals surface area contributed by atoms with E-state index >= 15 is 0 Å². The van der Waals surface area contributed by atoms with E-state index in [0.29, 0.717) is 51.4 Å². The molecule has 8 nitrogen and oxygen atoms in total. The first kappa shape index (κ1) is 23.6. The number of hydrogen-bond donors (Lipinski definition) is 1. The number of aliphatic hydroxyl groups excluding tert-OH is 1. The Morgan fingerprint density at radius 3 is 2.61 bits per heavy atom. The second-order valence-electron chi connectivity index (χ2n) is 8.06. The maximum atomic E-state index is 13.4. The van der Waals surface area contributed by atoms with Gasteiger partial charge in [-0.25, -0.2) is 0 Å². The van der Waals surface area contributed by atoms with Gasteiger partial charge in [-0.1, -0.05) is 23.7 Å². The van der Waals surface area contributed by atoms with Crippen molar-refractivity contribution in [1.29, 1.82) is 0 Å². The van der Waals surface area contributed by atoms with Crippen molar-refractivity contribution in [2.24, 2.45) is 0 Å². The van der Waals surface area contributed by atoms with Gasteiger partial charge in [0, 0.05) is 16.3 Å². The van der Waals surface area contributed by atoms with Crippen molar-refractivity contribution in [1.82, 2.24) is 0 Å². The monoisotopic (exact) mass is 507 g/mol. The molecule has 5 rings (SSSR count). The molecule has 0 aliphatic carbocycles. The molecule has 0 radical (unpaired) electrons. The molecule has 0 spiro atoms. The van der Waals surface area contributed by atoms with E-state index in [0.717, 1.165) is 0 Å². The minimum atomic E-state index is -0.959. The third-order valence-corrected chi connectivity index (χ3v) is 6.22. The van der Waals surface area contributed by atoms with Crippen LogP contribution in [0.5, 0.6) is 23.0 Å². The minimum Gasteiger partial charge on any atom is -0.507 e. The van der Waals surface area contributed by atoms with Gasteiger partial charge in [0.05, 0.1) is 25.3 Å². The fourth-order valence-electron chi connectivity index (χ4n) is 4.37. The van der Waals surface area contributed by atoms with Crippen LogP contribution in [0.4, 0.5) is 5.69 Å². The van der Waals surface area contributed by atoms with E-state index in [9.17, 15) is 14.7 Å². The Morgan fingerprint density at radius 1 is 1.06 bits per heavy atom. The van der Waals surface area contributed by atoms with Gasteiger partial charge in [0.2, 0.25) is 6.79 Å². The lowest BCUT2D eigenvalue weighted by molar-refractivity contribution is -0.132. The number of fused-ring (bicyclic) bond motifs is 1. The largest absolute Gasteiger partial charge is 0.507 e. The molecule has 3 aromatic carbocycles. The van der Waals surface area contributed by atoms with Crippen LogP contribution in [0, 0.1) is 0 Å². The molecule has 36 heavy (non-hydrogen) atoms. The van der Waals surface area contributed by atoms with E-state index in [-0.39, 0.29) is 18.1 Å². The van der Waals surface area contributed by atoms with E-state index < -0.39 is 17.7 Å². The number of amides is 1. The van der Waals surface area contributed by atoms with Crippen LogP contribution in [0.2, 0.25) is 5.02 Å². The average Bonchev–Trinajstić information content (AvgIpc) is 3.45. The summed E-state index contributed by atoms with van der Waals surface area (Å²) in [5.74, 6) is -0.0627. The minimum absolute atomic E-state index is 0.0603. The molecular formula is C27H22ClNO7. The molecule has 1 amide bonds. The van der Waals surface area contributed by atoms with Crippen LogP contribution in [-0.4, -0.2) is 37.3 Å². The normalized spacial score (nSPS) is 18.0. The SMILES string of the molecule is CCOc1cc(C2/C(=C(\O)c3ccc4c(c3)OCO4)C(=O)C(=O)N2c2cccc(Cl)c2)ccc1OC. The number of aliphatic hydroxyl groups is 1. The van der Waals surface area contributed by atoms with E-state index in [1.54, 1.807) is 60.7 Å². The van der Waals surface area contributed by atoms with Gasteiger partial charge in [0.15, 0.2) is 23.0 Å². The summed E-state index contributed by atoms with van der Waals surface area (Å²) in [6, 6.07) is 15.6. The van der Waals surface area contributed by atoms with Crippen molar-refractivity contribution < 1.29 is 33.6 Å². The smallest absolute Gasteiger partial charge is 0.300 e. The lowest BCUT2D eigenvalue weighted by Crippen LogP contribution is -2.29. The van der Waals surface area contributed by atoms with Gasteiger partial charge in [-0.2, -0.15) is 0 Å². The molecule has 1 unspecified atom stereocenters. The summed E-state index contributed by atoms with van der Waals surface area (Å²) in [6.45, 7) is 2.28. The molecule has 3 aromatic rings. The van der Waals surface area contributed by atoms with Crippen molar-refractivity contribution in [2.45, 2.75) is 13.0 Å².